The van der Waals surface area contributed by atoms with Crippen molar-refractivity contribution in [3.8, 4) is 50.2 Å². The van der Waals surface area contributed by atoms with Crippen LogP contribution in [0.25, 0.3) is 72.0 Å². The van der Waals surface area contributed by atoms with Crippen LogP contribution in [-0.2, 0) is 10.8 Å². The van der Waals surface area contributed by atoms with Gasteiger partial charge in [0.2, 0.25) is 0 Å². The second kappa shape index (κ2) is 16.4. The highest BCUT2D eigenvalue weighted by Crippen LogP contribution is 2.63. The molecule has 12 aromatic carbocycles. The second-order valence-electron chi connectivity index (χ2n) is 20.7. The molecular weight excluding hydrogens is 917 g/mol. The van der Waals surface area contributed by atoms with Crippen molar-refractivity contribution in [2.24, 2.45) is 0 Å². The van der Waals surface area contributed by atoms with Crippen molar-refractivity contribution in [1.82, 2.24) is 4.57 Å². The molecule has 0 saturated heterocycles. The van der Waals surface area contributed by atoms with Crippen LogP contribution in [0, 0.1) is 0 Å². The number of aromatic nitrogens is 1. The van der Waals surface area contributed by atoms with Gasteiger partial charge in [-0.3, -0.25) is 0 Å². The number of fused-ring (bicyclic) bond motifs is 15. The van der Waals surface area contributed by atoms with Gasteiger partial charge >= 0.3 is 0 Å². The summed E-state index contributed by atoms with van der Waals surface area (Å²) in [6.45, 7) is 0. The largest absolute Gasteiger partial charge is 0.310 e. The Labute approximate surface area is 442 Å². The average Bonchev–Trinajstić information content (AvgIpc) is 4.26. The van der Waals surface area contributed by atoms with Gasteiger partial charge in [-0.2, -0.15) is 0 Å². The standard InChI is InChI=1S/C74H48N2/c1-4-21-49(22-5-1)50-39-41-51(42-40-50)56-27-12-17-36-69(56)75(54-43-45-59-57-28-10-14-32-63(57)73(67(59)47-54,52-23-6-2-7-24-52)53-25-8-3-9-26-53)55-44-46-60-58-29-11-15-33-64(58)74(68(60)48-55)65-34-16-19-38-71(65)76-70-37-18-13-30-61(70)62-31-20-35-66(74)72(62)76/h1-48H. The first-order valence-corrected chi connectivity index (χ1v) is 26.5. The molecule has 1 unspecified atom stereocenters. The molecule has 2 heteroatoms. The first-order valence-electron chi connectivity index (χ1n) is 26.5. The van der Waals surface area contributed by atoms with E-state index in [0.717, 1.165) is 28.2 Å². The Bertz CT molecular complexity index is 4410. The summed E-state index contributed by atoms with van der Waals surface area (Å²) in [5.41, 5.74) is 25.8. The van der Waals surface area contributed by atoms with E-state index < -0.39 is 10.8 Å². The highest BCUT2D eigenvalue weighted by atomic mass is 15.1. The SMILES string of the molecule is c1ccc(-c2ccc(-c3ccccc3N(c3ccc4c(c3)C(c3ccccc3)(c3ccccc3)c3ccccc3-4)c3ccc4c(c3)C3(c5ccccc5-4)c4ccccc4-n4c5ccccc5c5cccc3c54)cc2)cc1. The zero-order valence-electron chi connectivity index (χ0n) is 41.6. The molecule has 0 bridgehead atoms. The molecule has 3 aliphatic rings. The van der Waals surface area contributed by atoms with Crippen LogP contribution < -0.4 is 4.90 Å². The van der Waals surface area contributed by atoms with Gasteiger partial charge in [0.25, 0.3) is 0 Å². The number of rotatable bonds is 7. The summed E-state index contributed by atoms with van der Waals surface area (Å²) in [6.07, 6.45) is 0. The van der Waals surface area contributed by atoms with Crippen molar-refractivity contribution in [3.63, 3.8) is 0 Å². The predicted molar refractivity (Wildman–Crippen MR) is 315 cm³/mol. The van der Waals surface area contributed by atoms with Crippen LogP contribution in [-0.4, -0.2) is 4.57 Å². The van der Waals surface area contributed by atoms with Gasteiger partial charge in [0.15, 0.2) is 0 Å². The first kappa shape index (κ1) is 42.7. The second-order valence-corrected chi connectivity index (χ2v) is 20.7. The Kier molecular flexibility index (Phi) is 9.20. The van der Waals surface area contributed by atoms with Crippen molar-refractivity contribution in [3.05, 3.63) is 336 Å². The lowest BCUT2D eigenvalue weighted by atomic mass is 9.65. The normalized spacial score (nSPS) is 15.0. The molecule has 1 aromatic heterocycles. The van der Waals surface area contributed by atoms with E-state index in [1.165, 1.54) is 105 Å². The Morgan fingerprint density at radius 3 is 1.41 bits per heavy atom. The number of para-hydroxylation sites is 4. The van der Waals surface area contributed by atoms with Crippen LogP contribution in [0.3, 0.4) is 0 Å². The molecule has 1 atom stereocenters. The number of nitrogens with zero attached hydrogens (tertiary/aromatic N) is 2. The van der Waals surface area contributed by atoms with E-state index >= 15 is 0 Å². The molecule has 2 aliphatic carbocycles. The molecule has 76 heavy (non-hydrogen) atoms. The summed E-state index contributed by atoms with van der Waals surface area (Å²) in [6, 6.07) is 109. The van der Waals surface area contributed by atoms with Gasteiger partial charge in [0.1, 0.15) is 0 Å². The van der Waals surface area contributed by atoms with Crippen molar-refractivity contribution >= 4 is 38.9 Å². The smallest absolute Gasteiger partial charge is 0.0755 e. The molecule has 354 valence electrons. The van der Waals surface area contributed by atoms with Gasteiger partial charge in [0.05, 0.1) is 33.2 Å². The lowest BCUT2D eigenvalue weighted by Crippen LogP contribution is -2.33. The topological polar surface area (TPSA) is 8.17 Å². The zero-order chi connectivity index (χ0) is 50.0. The number of anilines is 3. The van der Waals surface area contributed by atoms with Crippen molar-refractivity contribution in [2.75, 3.05) is 4.90 Å². The van der Waals surface area contributed by atoms with Crippen LogP contribution >= 0.6 is 0 Å². The predicted octanol–water partition coefficient (Wildman–Crippen LogP) is 18.6. The molecule has 0 fully saturated rings. The summed E-state index contributed by atoms with van der Waals surface area (Å²) in [7, 11) is 0. The maximum atomic E-state index is 2.55. The Balaban J connectivity index is 0.986. The first-order chi connectivity index (χ1) is 37.7. The lowest BCUT2D eigenvalue weighted by Gasteiger charge is -2.40. The van der Waals surface area contributed by atoms with Gasteiger partial charge in [-0.15, -0.1) is 0 Å². The van der Waals surface area contributed by atoms with E-state index in [1.807, 2.05) is 0 Å². The third-order valence-electron chi connectivity index (χ3n) is 17.1. The molecule has 0 radical (unpaired) electrons. The maximum Gasteiger partial charge on any atom is 0.0755 e. The minimum Gasteiger partial charge on any atom is -0.310 e. The molecular formula is C74H48N2. The minimum absolute atomic E-state index is 0.574. The minimum atomic E-state index is -0.615. The fourth-order valence-corrected chi connectivity index (χ4v) is 14.1. The molecule has 0 amide bonds. The van der Waals surface area contributed by atoms with Gasteiger partial charge in [0, 0.05) is 27.7 Å². The van der Waals surface area contributed by atoms with Gasteiger partial charge in [-0.1, -0.05) is 249 Å². The van der Waals surface area contributed by atoms with E-state index in [9.17, 15) is 0 Å². The van der Waals surface area contributed by atoms with Crippen molar-refractivity contribution in [1.29, 1.82) is 0 Å². The van der Waals surface area contributed by atoms with Gasteiger partial charge in [-0.25, -0.2) is 0 Å². The summed E-state index contributed by atoms with van der Waals surface area (Å²) in [5.74, 6) is 0. The van der Waals surface area contributed by atoms with E-state index in [1.54, 1.807) is 0 Å². The summed E-state index contributed by atoms with van der Waals surface area (Å²) in [4.78, 5) is 2.55. The Morgan fingerprint density at radius 1 is 0.276 bits per heavy atom. The maximum absolute atomic E-state index is 2.55. The van der Waals surface area contributed by atoms with E-state index in [0.29, 0.717) is 0 Å². The molecule has 2 nitrogen and oxygen atoms in total. The van der Waals surface area contributed by atoms with Gasteiger partial charge < -0.3 is 9.47 Å². The molecule has 2 heterocycles. The number of hydrogen-bond acceptors (Lipinski definition) is 1. The average molecular weight is 965 g/mol. The van der Waals surface area contributed by atoms with Crippen molar-refractivity contribution in [2.45, 2.75) is 10.8 Å². The molecule has 1 aliphatic heterocycles. The monoisotopic (exact) mass is 964 g/mol. The third-order valence-corrected chi connectivity index (χ3v) is 17.1. The molecule has 1 spiro atoms. The number of hydrogen-bond donors (Lipinski definition) is 0. The van der Waals surface area contributed by atoms with Crippen LogP contribution in [0.4, 0.5) is 17.1 Å². The van der Waals surface area contributed by atoms with Crippen LogP contribution in [0.1, 0.15) is 44.5 Å². The Hall–Kier alpha value is -9.76. The zero-order valence-corrected chi connectivity index (χ0v) is 41.6. The van der Waals surface area contributed by atoms with Gasteiger partial charge in [-0.05, 0) is 126 Å². The molecule has 0 N–H and O–H groups in total. The highest BCUT2D eigenvalue weighted by molar-refractivity contribution is 6.13. The van der Waals surface area contributed by atoms with E-state index in [2.05, 4.69) is 301 Å². The molecule has 13 aromatic rings. The van der Waals surface area contributed by atoms with E-state index in [-0.39, 0.29) is 0 Å². The summed E-state index contributed by atoms with van der Waals surface area (Å²) in [5, 5.41) is 2.55. The quantitative estimate of drug-likeness (QED) is 0.155. The Morgan fingerprint density at radius 2 is 0.737 bits per heavy atom. The highest BCUT2D eigenvalue weighted by Gasteiger charge is 2.51. The van der Waals surface area contributed by atoms with Crippen molar-refractivity contribution < 1.29 is 0 Å². The fourth-order valence-electron chi connectivity index (χ4n) is 14.1. The van der Waals surface area contributed by atoms with Crippen LogP contribution in [0.2, 0.25) is 0 Å². The van der Waals surface area contributed by atoms with Crippen LogP contribution in [0.15, 0.2) is 291 Å². The molecule has 16 rings (SSSR count). The molecule has 0 saturated carbocycles. The van der Waals surface area contributed by atoms with E-state index in [4.69, 9.17) is 0 Å². The summed E-state index contributed by atoms with van der Waals surface area (Å²) >= 11 is 0. The summed E-state index contributed by atoms with van der Waals surface area (Å²) < 4.78 is 2.53. The third kappa shape index (κ3) is 5.76. The fraction of sp³-hybridized carbons (Fsp3) is 0.0270. The lowest BCUT2D eigenvalue weighted by molar-refractivity contribution is 0.748. The van der Waals surface area contributed by atoms with Crippen LogP contribution in [0.5, 0.6) is 0 Å². The number of benzene rings is 12.